The highest BCUT2D eigenvalue weighted by molar-refractivity contribution is 5.62. The van der Waals surface area contributed by atoms with Crippen LogP contribution in [-0.4, -0.2) is 16.3 Å². The predicted octanol–water partition coefficient (Wildman–Crippen LogP) is 2.91. The van der Waals surface area contributed by atoms with Crippen LogP contribution in [0, 0.1) is 23.2 Å². The third-order valence-electron chi connectivity index (χ3n) is 5.70. The van der Waals surface area contributed by atoms with Gasteiger partial charge >= 0.3 is 0 Å². The van der Waals surface area contributed by atoms with Crippen LogP contribution in [0.25, 0.3) is 0 Å². The minimum absolute atomic E-state index is 0.000833. The van der Waals surface area contributed by atoms with Crippen LogP contribution in [0.1, 0.15) is 50.3 Å². The zero-order valence-corrected chi connectivity index (χ0v) is 10.6. The van der Waals surface area contributed by atoms with E-state index in [0.717, 1.165) is 29.9 Å². The van der Waals surface area contributed by atoms with Gasteiger partial charge in [0.15, 0.2) is 0 Å². The van der Waals surface area contributed by atoms with Crippen LogP contribution in [0.4, 0.5) is 0 Å². The Morgan fingerprint density at radius 1 is 1.22 bits per heavy atom. The van der Waals surface area contributed by atoms with Gasteiger partial charge in [0, 0.05) is 12.4 Å². The summed E-state index contributed by atoms with van der Waals surface area (Å²) < 4.78 is 0. The summed E-state index contributed by atoms with van der Waals surface area (Å²) in [6.45, 7) is 0. The second-order valence-corrected chi connectivity index (χ2v) is 6.87. The number of carbonyl (C=O) groups excluding carboxylic acids is 1. The van der Waals surface area contributed by atoms with Crippen LogP contribution in [-0.2, 0) is 4.79 Å². The number of aromatic nitrogens is 2. The van der Waals surface area contributed by atoms with E-state index >= 15 is 0 Å². The number of aromatic amines is 1. The lowest BCUT2D eigenvalue weighted by Gasteiger charge is -2.58. The van der Waals surface area contributed by atoms with E-state index in [1.54, 1.807) is 6.20 Å². The summed E-state index contributed by atoms with van der Waals surface area (Å²) >= 11 is 0. The maximum atomic E-state index is 11.7. The maximum absolute atomic E-state index is 11.7. The maximum Gasteiger partial charge on any atom is 0.131 e. The number of nitrogens with zero attached hydrogens (tertiary/aromatic N) is 1. The number of aldehydes is 1. The largest absolute Gasteiger partial charge is 0.348 e. The lowest BCUT2D eigenvalue weighted by Crippen LogP contribution is -2.49. The zero-order chi connectivity index (χ0) is 12.2. The van der Waals surface area contributed by atoms with Crippen LogP contribution in [0.2, 0.25) is 0 Å². The normalized spacial score (nSPS) is 43.0. The van der Waals surface area contributed by atoms with E-state index in [1.807, 2.05) is 6.20 Å². The van der Waals surface area contributed by atoms with Crippen molar-refractivity contribution in [1.29, 1.82) is 0 Å². The van der Waals surface area contributed by atoms with Gasteiger partial charge in [0.2, 0.25) is 0 Å². The van der Waals surface area contributed by atoms with Crippen LogP contribution < -0.4 is 0 Å². The van der Waals surface area contributed by atoms with Gasteiger partial charge in [-0.25, -0.2) is 4.98 Å². The molecule has 0 aromatic carbocycles. The van der Waals surface area contributed by atoms with Gasteiger partial charge < -0.3 is 9.78 Å². The third-order valence-corrected chi connectivity index (χ3v) is 5.70. The van der Waals surface area contributed by atoms with Crippen LogP contribution in [0.5, 0.6) is 0 Å². The molecule has 3 heteroatoms. The molecule has 0 amide bonds. The van der Waals surface area contributed by atoms with Crippen molar-refractivity contribution in [1.82, 2.24) is 9.97 Å². The number of rotatable bonds is 3. The number of hydrogen-bond acceptors (Lipinski definition) is 2. The fourth-order valence-electron chi connectivity index (χ4n) is 5.50. The van der Waals surface area contributed by atoms with Crippen molar-refractivity contribution >= 4 is 6.29 Å². The van der Waals surface area contributed by atoms with Crippen molar-refractivity contribution in [3.8, 4) is 0 Å². The molecule has 0 saturated heterocycles. The molecule has 5 rings (SSSR count). The highest BCUT2D eigenvalue weighted by atomic mass is 16.1. The summed E-state index contributed by atoms with van der Waals surface area (Å²) in [4.78, 5) is 19.2. The van der Waals surface area contributed by atoms with Crippen molar-refractivity contribution in [2.45, 2.75) is 44.4 Å². The molecule has 4 bridgehead atoms. The Morgan fingerprint density at radius 2 is 1.83 bits per heavy atom. The lowest BCUT2D eigenvalue weighted by molar-refractivity contribution is -0.120. The van der Waals surface area contributed by atoms with Crippen LogP contribution in [0.15, 0.2) is 12.4 Å². The summed E-state index contributed by atoms with van der Waals surface area (Å²) in [5, 5.41) is 0. The Hall–Kier alpha value is -1.12. The highest BCUT2D eigenvalue weighted by Crippen LogP contribution is 2.63. The molecular formula is C15H20N2O. The standard InChI is InChI=1S/C15H20N2O/c18-9-13(14-16-1-2-17-14)15-6-10-3-11(7-15)5-12(4-10)8-15/h1-2,9-13H,3-8H2,(H,16,17). The minimum Gasteiger partial charge on any atom is -0.348 e. The Balaban J connectivity index is 1.72. The predicted molar refractivity (Wildman–Crippen MR) is 68.0 cm³/mol. The van der Waals surface area contributed by atoms with E-state index < -0.39 is 0 Å². The molecule has 1 aromatic rings. The molecule has 0 aliphatic heterocycles. The minimum atomic E-state index is 0.000833. The second kappa shape index (κ2) is 3.69. The van der Waals surface area contributed by atoms with Gasteiger partial charge in [-0.15, -0.1) is 0 Å². The van der Waals surface area contributed by atoms with Gasteiger partial charge in [-0.2, -0.15) is 0 Å². The van der Waals surface area contributed by atoms with Crippen molar-refractivity contribution in [2.75, 3.05) is 0 Å². The lowest BCUT2D eigenvalue weighted by atomic mass is 9.46. The van der Waals surface area contributed by atoms with Crippen molar-refractivity contribution in [2.24, 2.45) is 23.2 Å². The molecule has 1 unspecified atom stereocenters. The number of carbonyl (C=O) groups is 1. The number of hydrogen-bond donors (Lipinski definition) is 1. The van der Waals surface area contributed by atoms with Crippen LogP contribution in [0.3, 0.4) is 0 Å². The summed E-state index contributed by atoms with van der Waals surface area (Å²) in [5.74, 6) is 3.55. The Kier molecular flexibility index (Phi) is 2.21. The molecule has 4 fully saturated rings. The first-order chi connectivity index (χ1) is 8.79. The van der Waals surface area contributed by atoms with Gasteiger partial charge in [-0.1, -0.05) is 0 Å². The summed E-state index contributed by atoms with van der Waals surface area (Å²) in [6.07, 6.45) is 12.8. The van der Waals surface area contributed by atoms with Gasteiger partial charge in [0.05, 0.1) is 5.92 Å². The van der Waals surface area contributed by atoms with E-state index in [-0.39, 0.29) is 11.3 Å². The van der Waals surface area contributed by atoms with Crippen molar-refractivity contribution in [3.63, 3.8) is 0 Å². The quantitative estimate of drug-likeness (QED) is 0.831. The Labute approximate surface area is 107 Å². The van der Waals surface area contributed by atoms with Gasteiger partial charge in [0.25, 0.3) is 0 Å². The third kappa shape index (κ3) is 1.42. The average Bonchev–Trinajstić information content (AvgIpc) is 2.81. The molecule has 1 heterocycles. The Bertz CT molecular complexity index is 416. The number of nitrogens with one attached hydrogen (secondary N) is 1. The van der Waals surface area contributed by atoms with E-state index in [9.17, 15) is 4.79 Å². The smallest absolute Gasteiger partial charge is 0.131 e. The number of imidazole rings is 1. The van der Waals surface area contributed by atoms with Crippen LogP contribution >= 0.6 is 0 Å². The van der Waals surface area contributed by atoms with E-state index in [1.165, 1.54) is 38.5 Å². The van der Waals surface area contributed by atoms with Gasteiger partial charge in [0.1, 0.15) is 12.1 Å². The summed E-state index contributed by atoms with van der Waals surface area (Å²) in [5.41, 5.74) is 0.231. The Morgan fingerprint density at radius 3 is 2.28 bits per heavy atom. The molecular weight excluding hydrogens is 224 g/mol. The first kappa shape index (κ1) is 10.8. The fourth-order valence-corrected chi connectivity index (χ4v) is 5.50. The SMILES string of the molecule is O=CC(c1ncc[nH]1)C12CC3CC(CC(C3)C1)C2. The zero-order valence-electron chi connectivity index (χ0n) is 10.6. The van der Waals surface area contributed by atoms with Gasteiger partial charge in [-0.05, 0) is 61.7 Å². The summed E-state index contributed by atoms with van der Waals surface area (Å²) in [6, 6.07) is 0. The van der Waals surface area contributed by atoms with E-state index in [2.05, 4.69) is 9.97 Å². The molecule has 1 aromatic heterocycles. The highest BCUT2D eigenvalue weighted by Gasteiger charge is 2.55. The molecule has 3 nitrogen and oxygen atoms in total. The first-order valence-electron chi connectivity index (χ1n) is 7.24. The monoisotopic (exact) mass is 244 g/mol. The molecule has 96 valence electrons. The molecule has 0 radical (unpaired) electrons. The summed E-state index contributed by atoms with van der Waals surface area (Å²) in [7, 11) is 0. The molecule has 0 spiro atoms. The van der Waals surface area contributed by atoms with E-state index in [0.29, 0.717) is 0 Å². The second-order valence-electron chi connectivity index (χ2n) is 6.87. The average molecular weight is 244 g/mol. The number of H-pyrrole nitrogens is 1. The molecule has 4 aliphatic carbocycles. The molecule has 1 N–H and O–H groups in total. The fraction of sp³-hybridized carbons (Fsp3) is 0.733. The van der Waals surface area contributed by atoms with Crippen molar-refractivity contribution < 1.29 is 4.79 Å². The van der Waals surface area contributed by atoms with E-state index in [4.69, 9.17) is 0 Å². The molecule has 4 saturated carbocycles. The molecule has 1 atom stereocenters. The van der Waals surface area contributed by atoms with Crippen molar-refractivity contribution in [3.05, 3.63) is 18.2 Å². The first-order valence-corrected chi connectivity index (χ1v) is 7.24. The topological polar surface area (TPSA) is 45.8 Å². The molecule has 4 aliphatic rings. The van der Waals surface area contributed by atoms with Gasteiger partial charge in [-0.3, -0.25) is 0 Å². The molecule has 18 heavy (non-hydrogen) atoms.